The maximum Gasteiger partial charge on any atom is 0.329 e. The van der Waals surface area contributed by atoms with E-state index in [1.54, 1.807) is 13.8 Å². The molecule has 0 aromatic heterocycles. The SMILES string of the molecule is CCS(=O)CCNC(=O)NC(C)(CC)C(=O)O. The molecule has 0 aliphatic carbocycles. The van der Waals surface area contributed by atoms with Gasteiger partial charge in [0.15, 0.2) is 0 Å². The summed E-state index contributed by atoms with van der Waals surface area (Å²) in [6, 6.07) is -0.551. The Hall–Kier alpha value is -1.11. The number of aliphatic carboxylic acids is 1. The lowest BCUT2D eigenvalue weighted by atomic mass is 10.00. The minimum absolute atomic E-state index is 0.270. The third kappa shape index (κ3) is 5.67. The number of rotatable bonds is 7. The Balaban J connectivity index is 4.09. The number of carboxylic acid groups (broad SMARTS) is 1. The Morgan fingerprint density at radius 1 is 1.35 bits per heavy atom. The van der Waals surface area contributed by atoms with Gasteiger partial charge in [0, 0.05) is 28.9 Å². The molecule has 3 N–H and O–H groups in total. The van der Waals surface area contributed by atoms with E-state index in [-0.39, 0.29) is 13.0 Å². The van der Waals surface area contributed by atoms with Gasteiger partial charge >= 0.3 is 12.0 Å². The van der Waals surface area contributed by atoms with Crippen molar-refractivity contribution < 1.29 is 18.9 Å². The monoisotopic (exact) mass is 264 g/mol. The summed E-state index contributed by atoms with van der Waals surface area (Å²) >= 11 is 0. The van der Waals surface area contributed by atoms with Crippen molar-refractivity contribution in [2.75, 3.05) is 18.1 Å². The molecule has 0 spiro atoms. The molecule has 100 valence electrons. The smallest absolute Gasteiger partial charge is 0.329 e. The van der Waals surface area contributed by atoms with Crippen LogP contribution in [0.4, 0.5) is 4.79 Å². The predicted octanol–water partition coefficient (Wildman–Crippen LogP) is 0.308. The van der Waals surface area contributed by atoms with Crippen molar-refractivity contribution in [2.24, 2.45) is 0 Å². The highest BCUT2D eigenvalue weighted by Crippen LogP contribution is 2.08. The van der Waals surface area contributed by atoms with Gasteiger partial charge in [0.2, 0.25) is 0 Å². The summed E-state index contributed by atoms with van der Waals surface area (Å²) < 4.78 is 11.1. The molecule has 2 unspecified atom stereocenters. The lowest BCUT2D eigenvalue weighted by molar-refractivity contribution is -0.143. The Morgan fingerprint density at radius 2 is 1.94 bits per heavy atom. The molecule has 2 atom stereocenters. The van der Waals surface area contributed by atoms with E-state index in [4.69, 9.17) is 5.11 Å². The second kappa shape index (κ2) is 7.26. The zero-order valence-corrected chi connectivity index (χ0v) is 11.2. The lowest BCUT2D eigenvalue weighted by Crippen LogP contribution is -2.55. The van der Waals surface area contributed by atoms with Gasteiger partial charge in [-0.1, -0.05) is 13.8 Å². The number of amides is 2. The fraction of sp³-hybridized carbons (Fsp3) is 0.800. The van der Waals surface area contributed by atoms with Crippen LogP contribution in [0.5, 0.6) is 0 Å². The van der Waals surface area contributed by atoms with Gasteiger partial charge in [0.25, 0.3) is 0 Å². The van der Waals surface area contributed by atoms with E-state index in [0.29, 0.717) is 11.5 Å². The summed E-state index contributed by atoms with van der Waals surface area (Å²) in [5, 5.41) is 13.8. The first-order chi connectivity index (χ1) is 7.85. The van der Waals surface area contributed by atoms with Crippen LogP contribution in [0.1, 0.15) is 27.2 Å². The average Bonchev–Trinajstić information content (AvgIpc) is 2.28. The fourth-order valence-electron chi connectivity index (χ4n) is 1.01. The molecule has 0 saturated carbocycles. The molecule has 0 fully saturated rings. The van der Waals surface area contributed by atoms with Crippen LogP contribution in [-0.2, 0) is 15.6 Å². The molecule has 7 heteroatoms. The van der Waals surface area contributed by atoms with E-state index in [0.717, 1.165) is 0 Å². The van der Waals surface area contributed by atoms with Crippen molar-refractivity contribution >= 4 is 22.8 Å². The number of carboxylic acids is 1. The number of hydrogen-bond donors (Lipinski definition) is 3. The van der Waals surface area contributed by atoms with Crippen molar-refractivity contribution in [1.29, 1.82) is 0 Å². The van der Waals surface area contributed by atoms with Crippen LogP contribution in [0.25, 0.3) is 0 Å². The standard InChI is InChI=1S/C10H20N2O4S/c1-4-10(3,8(13)14)12-9(15)11-6-7-17(16)5-2/h4-7H2,1-3H3,(H,13,14)(H2,11,12,15). The normalized spacial score (nSPS) is 15.7. The molecule has 17 heavy (non-hydrogen) atoms. The molecule has 6 nitrogen and oxygen atoms in total. The zero-order valence-electron chi connectivity index (χ0n) is 10.4. The Morgan fingerprint density at radius 3 is 2.35 bits per heavy atom. The molecule has 0 rings (SSSR count). The largest absolute Gasteiger partial charge is 0.480 e. The Kier molecular flexibility index (Phi) is 6.79. The molecule has 2 amide bonds. The highest BCUT2D eigenvalue weighted by molar-refractivity contribution is 7.84. The highest BCUT2D eigenvalue weighted by Gasteiger charge is 2.32. The summed E-state index contributed by atoms with van der Waals surface area (Å²) in [4.78, 5) is 22.3. The van der Waals surface area contributed by atoms with Crippen molar-refractivity contribution in [2.45, 2.75) is 32.7 Å². The average molecular weight is 264 g/mol. The summed E-state index contributed by atoms with van der Waals surface area (Å²) in [7, 11) is -0.936. The van der Waals surface area contributed by atoms with Crippen LogP contribution in [-0.4, -0.2) is 44.9 Å². The number of urea groups is 1. The molecule has 0 heterocycles. The van der Waals surface area contributed by atoms with Gasteiger partial charge in [-0.3, -0.25) is 4.21 Å². The lowest BCUT2D eigenvalue weighted by Gasteiger charge is -2.24. The quantitative estimate of drug-likeness (QED) is 0.616. The van der Waals surface area contributed by atoms with Gasteiger partial charge in [0.1, 0.15) is 5.54 Å². The molecule has 0 aliphatic heterocycles. The second-order valence-corrected chi connectivity index (χ2v) is 5.67. The van der Waals surface area contributed by atoms with Crippen molar-refractivity contribution in [1.82, 2.24) is 10.6 Å². The van der Waals surface area contributed by atoms with E-state index >= 15 is 0 Å². The third-order valence-corrected chi connectivity index (χ3v) is 3.81. The van der Waals surface area contributed by atoms with Gasteiger partial charge in [-0.2, -0.15) is 0 Å². The van der Waals surface area contributed by atoms with Crippen LogP contribution in [0.3, 0.4) is 0 Å². The van der Waals surface area contributed by atoms with Crippen molar-refractivity contribution in [3.63, 3.8) is 0 Å². The highest BCUT2D eigenvalue weighted by atomic mass is 32.2. The van der Waals surface area contributed by atoms with Crippen LogP contribution in [0.2, 0.25) is 0 Å². The molecular weight excluding hydrogens is 244 g/mol. The van der Waals surface area contributed by atoms with E-state index in [2.05, 4.69) is 10.6 Å². The minimum atomic E-state index is -1.27. The van der Waals surface area contributed by atoms with E-state index < -0.39 is 28.3 Å². The van der Waals surface area contributed by atoms with Gasteiger partial charge < -0.3 is 15.7 Å². The predicted molar refractivity (Wildman–Crippen MR) is 66.4 cm³/mol. The number of carbonyl (C=O) groups is 2. The van der Waals surface area contributed by atoms with Crippen LogP contribution in [0.15, 0.2) is 0 Å². The van der Waals surface area contributed by atoms with Crippen molar-refractivity contribution in [3.05, 3.63) is 0 Å². The van der Waals surface area contributed by atoms with Gasteiger partial charge in [0.05, 0.1) is 0 Å². The maximum absolute atomic E-state index is 11.4. The molecule has 0 aromatic carbocycles. The fourth-order valence-corrected chi connectivity index (χ4v) is 1.63. The molecule has 0 radical (unpaired) electrons. The second-order valence-electron chi connectivity index (χ2n) is 3.80. The Bertz CT molecular complexity index is 309. The van der Waals surface area contributed by atoms with Gasteiger partial charge in [-0.15, -0.1) is 0 Å². The topological polar surface area (TPSA) is 95.5 Å². The first kappa shape index (κ1) is 15.9. The van der Waals surface area contributed by atoms with Gasteiger partial charge in [-0.25, -0.2) is 9.59 Å². The first-order valence-electron chi connectivity index (χ1n) is 5.50. The van der Waals surface area contributed by atoms with E-state index in [1.165, 1.54) is 6.92 Å². The van der Waals surface area contributed by atoms with Crippen LogP contribution in [0, 0.1) is 0 Å². The van der Waals surface area contributed by atoms with Gasteiger partial charge in [-0.05, 0) is 13.3 Å². The number of nitrogens with one attached hydrogen (secondary N) is 2. The maximum atomic E-state index is 11.4. The number of hydrogen-bond acceptors (Lipinski definition) is 3. The summed E-state index contributed by atoms with van der Waals surface area (Å²) in [6.07, 6.45) is 0.288. The van der Waals surface area contributed by atoms with Crippen molar-refractivity contribution in [3.8, 4) is 0 Å². The molecule has 0 aliphatic rings. The number of carbonyl (C=O) groups excluding carboxylic acids is 1. The minimum Gasteiger partial charge on any atom is -0.480 e. The van der Waals surface area contributed by atoms with Crippen LogP contribution < -0.4 is 10.6 Å². The summed E-state index contributed by atoms with van der Waals surface area (Å²) in [5.41, 5.74) is -1.27. The molecule has 0 aromatic rings. The summed E-state index contributed by atoms with van der Waals surface area (Å²) in [5.74, 6) is -0.155. The van der Waals surface area contributed by atoms with E-state index in [1.807, 2.05) is 0 Å². The first-order valence-corrected chi connectivity index (χ1v) is 6.99. The van der Waals surface area contributed by atoms with Crippen LogP contribution >= 0.6 is 0 Å². The Labute approximate surface area is 104 Å². The summed E-state index contributed by atoms with van der Waals surface area (Å²) in [6.45, 7) is 5.19. The zero-order chi connectivity index (χ0) is 13.5. The third-order valence-electron chi connectivity index (χ3n) is 2.51. The van der Waals surface area contributed by atoms with E-state index in [9.17, 15) is 13.8 Å². The molecule has 0 bridgehead atoms. The molecular formula is C10H20N2O4S. The molecule has 0 saturated heterocycles.